The van der Waals surface area contributed by atoms with Crippen molar-refractivity contribution in [2.75, 3.05) is 33.8 Å². The molecule has 1 N–H and O–H groups in total. The summed E-state index contributed by atoms with van der Waals surface area (Å²) in [5.74, 6) is -0.949. The Hall–Kier alpha value is -1.10. The Morgan fingerprint density at radius 3 is 2.67 bits per heavy atom. The van der Waals surface area contributed by atoms with Crippen LogP contribution in [0.1, 0.15) is 26.7 Å². The number of likely N-dealkylation sites (tertiary alicyclic amines) is 1. The fraction of sp³-hybridized carbons (Fsp3) is 0.846. The number of carbonyl (C=O) groups excluding carboxylic acids is 2. The maximum Gasteiger partial charge on any atom is 0.396 e. The summed E-state index contributed by atoms with van der Waals surface area (Å²) in [6, 6.07) is 0. The lowest BCUT2D eigenvalue weighted by atomic mass is 9.74. The average Bonchev–Trinajstić information content (AvgIpc) is 2.35. The first-order valence-corrected chi connectivity index (χ1v) is 6.41. The number of nitrogens with zero attached hydrogens (tertiary/aromatic N) is 1. The molecule has 0 saturated carbocycles. The Kier molecular flexibility index (Phi) is 5.14. The van der Waals surface area contributed by atoms with Gasteiger partial charge >= 0.3 is 11.9 Å². The van der Waals surface area contributed by atoms with E-state index in [2.05, 4.69) is 35.8 Å². The highest BCUT2D eigenvalue weighted by Gasteiger charge is 2.33. The molecule has 1 unspecified atom stereocenters. The van der Waals surface area contributed by atoms with E-state index in [9.17, 15) is 9.59 Å². The molecule has 1 rings (SSSR count). The first-order valence-electron chi connectivity index (χ1n) is 6.41. The number of methoxy groups -OCH3 is 1. The highest BCUT2D eigenvalue weighted by molar-refractivity contribution is 6.32. The molecule has 1 atom stereocenters. The van der Waals surface area contributed by atoms with Crippen molar-refractivity contribution in [3.05, 3.63) is 0 Å². The fourth-order valence-corrected chi connectivity index (χ4v) is 2.42. The van der Waals surface area contributed by atoms with Crippen molar-refractivity contribution in [1.29, 1.82) is 0 Å². The molecule has 0 aromatic rings. The third-order valence-electron chi connectivity index (χ3n) is 3.81. The van der Waals surface area contributed by atoms with Crippen molar-refractivity contribution >= 4 is 11.9 Å². The Labute approximate surface area is 109 Å². The minimum Gasteiger partial charge on any atom is -0.462 e. The van der Waals surface area contributed by atoms with Gasteiger partial charge in [-0.2, -0.15) is 0 Å². The molecule has 0 bridgehead atoms. The summed E-state index contributed by atoms with van der Waals surface area (Å²) < 4.78 is 4.38. The maximum absolute atomic E-state index is 11.4. The number of nitrogens with one attached hydrogen (secondary N) is 1. The van der Waals surface area contributed by atoms with Gasteiger partial charge in [-0.05, 0) is 37.8 Å². The predicted molar refractivity (Wildman–Crippen MR) is 69.0 cm³/mol. The van der Waals surface area contributed by atoms with Crippen molar-refractivity contribution < 1.29 is 14.3 Å². The van der Waals surface area contributed by atoms with Crippen LogP contribution in [0.5, 0.6) is 0 Å². The number of hydrogen-bond donors (Lipinski definition) is 1. The second-order valence-corrected chi connectivity index (χ2v) is 5.76. The molecule has 5 heteroatoms. The van der Waals surface area contributed by atoms with Crippen LogP contribution in [0.25, 0.3) is 0 Å². The molecular formula is C13H24N2O3. The van der Waals surface area contributed by atoms with Crippen LogP contribution in [0.3, 0.4) is 0 Å². The van der Waals surface area contributed by atoms with E-state index >= 15 is 0 Å². The van der Waals surface area contributed by atoms with Gasteiger partial charge in [-0.3, -0.25) is 4.79 Å². The van der Waals surface area contributed by atoms with Gasteiger partial charge in [0.2, 0.25) is 0 Å². The zero-order valence-corrected chi connectivity index (χ0v) is 11.8. The normalized spacial score (nSPS) is 21.4. The van der Waals surface area contributed by atoms with E-state index in [0.717, 1.165) is 13.1 Å². The topological polar surface area (TPSA) is 58.6 Å². The minimum atomic E-state index is -0.827. The molecule has 1 fully saturated rings. The molecule has 0 spiro atoms. The van der Waals surface area contributed by atoms with Crippen molar-refractivity contribution in [3.63, 3.8) is 0 Å². The third-order valence-corrected chi connectivity index (χ3v) is 3.81. The number of rotatable bonds is 3. The molecule has 1 aliphatic heterocycles. The number of ether oxygens (including phenoxy) is 1. The summed E-state index contributed by atoms with van der Waals surface area (Å²) in [5.41, 5.74) is -0.0155. The largest absolute Gasteiger partial charge is 0.462 e. The van der Waals surface area contributed by atoms with Crippen LogP contribution in [0.15, 0.2) is 0 Å². The zero-order chi connectivity index (χ0) is 13.8. The van der Waals surface area contributed by atoms with E-state index < -0.39 is 11.9 Å². The zero-order valence-electron chi connectivity index (χ0n) is 11.8. The van der Waals surface area contributed by atoms with Gasteiger partial charge in [-0.25, -0.2) is 4.79 Å². The van der Waals surface area contributed by atoms with Gasteiger partial charge in [0, 0.05) is 13.1 Å². The van der Waals surface area contributed by atoms with E-state index in [0.29, 0.717) is 12.5 Å². The highest BCUT2D eigenvalue weighted by Crippen LogP contribution is 2.32. The number of carbonyl (C=O) groups is 2. The molecule has 0 radical (unpaired) electrons. The van der Waals surface area contributed by atoms with Gasteiger partial charge in [-0.15, -0.1) is 0 Å². The van der Waals surface area contributed by atoms with E-state index in [1.807, 2.05) is 0 Å². The summed E-state index contributed by atoms with van der Waals surface area (Å²) in [4.78, 5) is 24.7. The summed E-state index contributed by atoms with van der Waals surface area (Å²) >= 11 is 0. The molecule has 0 aliphatic carbocycles. The van der Waals surface area contributed by atoms with E-state index in [1.54, 1.807) is 0 Å². The molecule has 0 aromatic heterocycles. The van der Waals surface area contributed by atoms with Crippen LogP contribution < -0.4 is 5.32 Å². The second-order valence-electron chi connectivity index (χ2n) is 5.76. The molecule has 104 valence electrons. The molecule has 1 saturated heterocycles. The average molecular weight is 256 g/mol. The van der Waals surface area contributed by atoms with Crippen molar-refractivity contribution in [3.8, 4) is 0 Å². The molecule has 1 aliphatic rings. The standard InChI is InChI=1S/C13H24N2O3/c1-13(2,9-14-11(16)12(17)18-4)10-6-5-7-15(3)8-10/h10H,5-9H2,1-4H3,(H,14,16). The molecule has 5 nitrogen and oxygen atoms in total. The van der Waals surface area contributed by atoms with E-state index in [-0.39, 0.29) is 5.41 Å². The number of amides is 1. The van der Waals surface area contributed by atoms with Crippen LogP contribution in [-0.2, 0) is 14.3 Å². The maximum atomic E-state index is 11.4. The molecule has 0 aromatic carbocycles. The van der Waals surface area contributed by atoms with Crippen molar-refractivity contribution in [2.24, 2.45) is 11.3 Å². The summed E-state index contributed by atoms with van der Waals surface area (Å²) in [6.07, 6.45) is 2.36. The van der Waals surface area contributed by atoms with Crippen molar-refractivity contribution in [1.82, 2.24) is 10.2 Å². The van der Waals surface area contributed by atoms with Crippen LogP contribution >= 0.6 is 0 Å². The van der Waals surface area contributed by atoms with Crippen LogP contribution in [0, 0.1) is 11.3 Å². The van der Waals surface area contributed by atoms with Crippen LogP contribution in [0.4, 0.5) is 0 Å². The Morgan fingerprint density at radius 2 is 2.11 bits per heavy atom. The number of hydrogen-bond acceptors (Lipinski definition) is 4. The van der Waals surface area contributed by atoms with Gasteiger partial charge < -0.3 is 15.0 Å². The quantitative estimate of drug-likeness (QED) is 0.595. The van der Waals surface area contributed by atoms with Gasteiger partial charge in [0.1, 0.15) is 0 Å². The lowest BCUT2D eigenvalue weighted by Gasteiger charge is -2.40. The summed E-state index contributed by atoms with van der Waals surface area (Å²) in [7, 11) is 3.33. The number of esters is 1. The SMILES string of the molecule is COC(=O)C(=O)NCC(C)(C)C1CCCN(C)C1. The first kappa shape index (κ1) is 15.0. The molecular weight excluding hydrogens is 232 g/mol. The van der Waals surface area contributed by atoms with Crippen LogP contribution in [0.2, 0.25) is 0 Å². The minimum absolute atomic E-state index is 0.0155. The predicted octanol–water partition coefficient (Wildman–Crippen LogP) is 0.644. The monoisotopic (exact) mass is 256 g/mol. The Balaban J connectivity index is 2.48. The third kappa shape index (κ3) is 3.98. The Bertz CT molecular complexity index is 315. The van der Waals surface area contributed by atoms with Gasteiger partial charge in [0.15, 0.2) is 0 Å². The van der Waals surface area contributed by atoms with Gasteiger partial charge in [0.25, 0.3) is 0 Å². The fourth-order valence-electron chi connectivity index (χ4n) is 2.42. The van der Waals surface area contributed by atoms with E-state index in [1.165, 1.54) is 20.0 Å². The van der Waals surface area contributed by atoms with E-state index in [4.69, 9.17) is 0 Å². The lowest BCUT2D eigenvalue weighted by Crippen LogP contribution is -2.46. The number of piperidine rings is 1. The molecule has 18 heavy (non-hydrogen) atoms. The first-order chi connectivity index (χ1) is 8.36. The molecule has 1 heterocycles. The Morgan fingerprint density at radius 1 is 1.44 bits per heavy atom. The smallest absolute Gasteiger partial charge is 0.396 e. The second kappa shape index (κ2) is 6.18. The van der Waals surface area contributed by atoms with Gasteiger partial charge in [-0.1, -0.05) is 13.8 Å². The molecule has 1 amide bonds. The summed E-state index contributed by atoms with van der Waals surface area (Å²) in [5, 5.41) is 2.65. The summed E-state index contributed by atoms with van der Waals surface area (Å²) in [6.45, 7) is 6.95. The lowest BCUT2D eigenvalue weighted by molar-refractivity contribution is -0.153. The highest BCUT2D eigenvalue weighted by atomic mass is 16.5. The van der Waals surface area contributed by atoms with Gasteiger partial charge in [0.05, 0.1) is 7.11 Å². The van der Waals surface area contributed by atoms with Crippen molar-refractivity contribution in [2.45, 2.75) is 26.7 Å². The van der Waals surface area contributed by atoms with Crippen LogP contribution in [-0.4, -0.2) is 50.6 Å².